The molecule has 0 heterocycles. The molecule has 0 radical (unpaired) electrons. The Kier molecular flexibility index (Phi) is 5.90. The van der Waals surface area contributed by atoms with Crippen molar-refractivity contribution >= 4 is 22.6 Å². The molecule has 1 atom stereocenters. The Morgan fingerprint density at radius 1 is 1.33 bits per heavy atom. The molecule has 0 N–H and O–H groups in total. The predicted octanol–water partition coefficient (Wildman–Crippen LogP) is 4.58. The Balaban J connectivity index is 2.48. The third-order valence-corrected chi connectivity index (χ3v) is 5.25. The van der Waals surface area contributed by atoms with Crippen LogP contribution in [0, 0.1) is 5.92 Å². The molecule has 1 saturated carbocycles. The van der Waals surface area contributed by atoms with E-state index < -0.39 is 0 Å². The van der Waals surface area contributed by atoms with E-state index in [4.69, 9.17) is 4.74 Å². The molecule has 0 amide bonds. The van der Waals surface area contributed by atoms with Crippen LogP contribution in [0.15, 0.2) is 0 Å². The molecule has 0 saturated heterocycles. The molecule has 1 rings (SSSR count). The highest BCUT2D eigenvalue weighted by atomic mass is 127. The summed E-state index contributed by atoms with van der Waals surface area (Å²) in [7, 11) is 0. The maximum atomic E-state index is 6.26. The average Bonchev–Trinajstić information content (AvgIpc) is 2.30. The van der Waals surface area contributed by atoms with E-state index in [-0.39, 0.29) is 5.60 Å². The van der Waals surface area contributed by atoms with Gasteiger partial charge in [-0.05, 0) is 44.9 Å². The van der Waals surface area contributed by atoms with Crippen LogP contribution in [0.3, 0.4) is 0 Å². The average molecular weight is 324 g/mol. The first-order valence-electron chi connectivity index (χ1n) is 6.39. The van der Waals surface area contributed by atoms with Gasteiger partial charge in [-0.25, -0.2) is 0 Å². The molecular formula is C13H25IO. The van der Waals surface area contributed by atoms with Crippen LogP contribution in [0.4, 0.5) is 0 Å². The molecule has 2 heteroatoms. The lowest BCUT2D eigenvalue weighted by Crippen LogP contribution is -2.41. The molecule has 1 aliphatic carbocycles. The summed E-state index contributed by atoms with van der Waals surface area (Å²) in [6.45, 7) is 6.74. The van der Waals surface area contributed by atoms with E-state index in [0.29, 0.717) is 6.10 Å². The minimum absolute atomic E-state index is 0.210. The van der Waals surface area contributed by atoms with Gasteiger partial charge in [0.2, 0.25) is 0 Å². The zero-order valence-corrected chi connectivity index (χ0v) is 12.5. The number of rotatable bonds is 5. The van der Waals surface area contributed by atoms with Crippen LogP contribution < -0.4 is 0 Å². The van der Waals surface area contributed by atoms with Crippen LogP contribution in [0.5, 0.6) is 0 Å². The fraction of sp³-hybridized carbons (Fsp3) is 1.00. The predicted molar refractivity (Wildman–Crippen MR) is 74.7 cm³/mol. The lowest BCUT2D eigenvalue weighted by molar-refractivity contribution is -0.0973. The van der Waals surface area contributed by atoms with Gasteiger partial charge in [0.25, 0.3) is 0 Å². The van der Waals surface area contributed by atoms with E-state index in [1.165, 1.54) is 32.1 Å². The molecular weight excluding hydrogens is 299 g/mol. The Hall–Kier alpha value is 0.690. The molecule has 1 nitrogen and oxygen atoms in total. The molecule has 0 aliphatic heterocycles. The van der Waals surface area contributed by atoms with Crippen molar-refractivity contribution in [2.45, 2.75) is 71.0 Å². The van der Waals surface area contributed by atoms with Crippen molar-refractivity contribution in [1.82, 2.24) is 0 Å². The topological polar surface area (TPSA) is 9.23 Å². The summed E-state index contributed by atoms with van der Waals surface area (Å²) >= 11 is 2.50. The quantitative estimate of drug-likeness (QED) is 0.531. The van der Waals surface area contributed by atoms with Gasteiger partial charge in [-0.3, -0.25) is 0 Å². The molecule has 0 aromatic heterocycles. The second-order valence-electron chi connectivity index (χ2n) is 5.00. The van der Waals surface area contributed by atoms with Crippen molar-refractivity contribution in [3.63, 3.8) is 0 Å². The normalized spacial score (nSPS) is 34.0. The smallest absolute Gasteiger partial charge is 0.0775 e. The highest BCUT2D eigenvalue weighted by molar-refractivity contribution is 14.1. The summed E-state index contributed by atoms with van der Waals surface area (Å²) in [5, 5.41) is 0. The summed E-state index contributed by atoms with van der Waals surface area (Å²) in [6, 6.07) is 0. The molecule has 90 valence electrons. The summed E-state index contributed by atoms with van der Waals surface area (Å²) < 4.78 is 7.42. The molecule has 0 bridgehead atoms. The van der Waals surface area contributed by atoms with Crippen LogP contribution in [-0.4, -0.2) is 16.1 Å². The first-order valence-corrected chi connectivity index (χ1v) is 7.92. The number of hydrogen-bond acceptors (Lipinski definition) is 1. The fourth-order valence-corrected chi connectivity index (χ4v) is 3.35. The maximum absolute atomic E-state index is 6.26. The molecule has 0 aromatic rings. The van der Waals surface area contributed by atoms with Crippen molar-refractivity contribution < 1.29 is 4.74 Å². The van der Waals surface area contributed by atoms with Gasteiger partial charge in [0.15, 0.2) is 0 Å². The highest BCUT2D eigenvalue weighted by Crippen LogP contribution is 2.38. The van der Waals surface area contributed by atoms with Crippen LogP contribution >= 0.6 is 22.6 Å². The number of ether oxygens (including phenoxy) is 1. The number of hydrogen-bond donors (Lipinski definition) is 0. The van der Waals surface area contributed by atoms with E-state index >= 15 is 0 Å². The van der Waals surface area contributed by atoms with Gasteiger partial charge >= 0.3 is 0 Å². The van der Waals surface area contributed by atoms with Gasteiger partial charge in [-0.15, -0.1) is 0 Å². The Bertz CT molecular complexity index is 173. The van der Waals surface area contributed by atoms with Crippen LogP contribution in [-0.2, 0) is 4.74 Å². The monoisotopic (exact) mass is 324 g/mol. The lowest BCUT2D eigenvalue weighted by atomic mass is 9.78. The molecule has 0 spiro atoms. The molecule has 0 aromatic carbocycles. The highest BCUT2D eigenvalue weighted by Gasteiger charge is 2.35. The standard InChI is InChI=1S/C13H25IO/c1-4-11(3)15-13(10-14)8-6-12(5-2)7-9-13/h11-12H,4-10H2,1-3H3. The number of halogens is 1. The maximum Gasteiger partial charge on any atom is 0.0775 e. The Morgan fingerprint density at radius 2 is 1.93 bits per heavy atom. The van der Waals surface area contributed by atoms with Gasteiger partial charge in [0, 0.05) is 4.43 Å². The number of alkyl halides is 1. The van der Waals surface area contributed by atoms with Crippen molar-refractivity contribution in [3.8, 4) is 0 Å². The Labute approximate surface area is 108 Å². The molecule has 15 heavy (non-hydrogen) atoms. The fourth-order valence-electron chi connectivity index (χ4n) is 2.41. The van der Waals surface area contributed by atoms with Gasteiger partial charge in [0.1, 0.15) is 0 Å². The zero-order valence-electron chi connectivity index (χ0n) is 10.4. The van der Waals surface area contributed by atoms with Gasteiger partial charge in [-0.2, -0.15) is 0 Å². The largest absolute Gasteiger partial charge is 0.371 e. The first-order chi connectivity index (χ1) is 7.15. The first kappa shape index (κ1) is 13.8. The van der Waals surface area contributed by atoms with Gasteiger partial charge in [-0.1, -0.05) is 42.9 Å². The van der Waals surface area contributed by atoms with Crippen LogP contribution in [0.1, 0.15) is 59.3 Å². The van der Waals surface area contributed by atoms with Gasteiger partial charge < -0.3 is 4.74 Å². The summed E-state index contributed by atoms with van der Waals surface area (Å²) in [4.78, 5) is 0. The summed E-state index contributed by atoms with van der Waals surface area (Å²) in [6.07, 6.45) is 8.21. The van der Waals surface area contributed by atoms with E-state index in [2.05, 4.69) is 43.4 Å². The van der Waals surface area contributed by atoms with Crippen LogP contribution in [0.25, 0.3) is 0 Å². The van der Waals surface area contributed by atoms with E-state index in [1.807, 2.05) is 0 Å². The minimum Gasteiger partial charge on any atom is -0.371 e. The molecule has 1 fully saturated rings. The van der Waals surface area contributed by atoms with E-state index in [0.717, 1.165) is 16.8 Å². The third-order valence-electron chi connectivity index (χ3n) is 3.86. The van der Waals surface area contributed by atoms with Crippen molar-refractivity contribution in [3.05, 3.63) is 0 Å². The minimum atomic E-state index is 0.210. The lowest BCUT2D eigenvalue weighted by Gasteiger charge is -2.40. The van der Waals surface area contributed by atoms with E-state index in [1.54, 1.807) is 0 Å². The van der Waals surface area contributed by atoms with E-state index in [9.17, 15) is 0 Å². The summed E-state index contributed by atoms with van der Waals surface area (Å²) in [5.41, 5.74) is 0.210. The molecule has 1 aliphatic rings. The SMILES string of the molecule is CCC1CCC(CI)(OC(C)CC)CC1. The van der Waals surface area contributed by atoms with Crippen molar-refractivity contribution in [2.75, 3.05) is 4.43 Å². The second-order valence-corrected chi connectivity index (χ2v) is 5.77. The third kappa shape index (κ3) is 3.88. The Morgan fingerprint density at radius 3 is 2.33 bits per heavy atom. The second kappa shape index (κ2) is 6.43. The van der Waals surface area contributed by atoms with Crippen molar-refractivity contribution in [1.29, 1.82) is 0 Å². The zero-order chi connectivity index (χ0) is 11.3. The van der Waals surface area contributed by atoms with Crippen LogP contribution in [0.2, 0.25) is 0 Å². The molecule has 1 unspecified atom stereocenters. The van der Waals surface area contributed by atoms with Crippen molar-refractivity contribution in [2.24, 2.45) is 5.92 Å². The van der Waals surface area contributed by atoms with Gasteiger partial charge in [0.05, 0.1) is 11.7 Å². The summed E-state index contributed by atoms with van der Waals surface area (Å²) in [5.74, 6) is 0.960.